The van der Waals surface area contributed by atoms with Gasteiger partial charge >= 0.3 is 0 Å². The highest BCUT2D eigenvalue weighted by Crippen LogP contribution is 2.27. The molecule has 2 fully saturated rings. The SMILES string of the molecule is Brc1ccc(C(N2CCOCC2)N2CCOCC2)cc1. The maximum atomic E-state index is 5.50. The molecule has 0 N–H and O–H groups in total. The van der Waals surface area contributed by atoms with Crippen molar-refractivity contribution in [1.82, 2.24) is 9.80 Å². The van der Waals surface area contributed by atoms with Crippen LogP contribution in [0.4, 0.5) is 0 Å². The molecule has 2 aliphatic heterocycles. The molecule has 1 aromatic rings. The number of halogens is 1. The maximum Gasteiger partial charge on any atom is 0.0889 e. The summed E-state index contributed by atoms with van der Waals surface area (Å²) in [4.78, 5) is 5.05. The topological polar surface area (TPSA) is 24.9 Å². The summed E-state index contributed by atoms with van der Waals surface area (Å²) in [5, 5.41) is 0. The molecule has 2 saturated heterocycles. The van der Waals surface area contributed by atoms with Crippen LogP contribution in [0, 0.1) is 0 Å². The highest BCUT2D eigenvalue weighted by molar-refractivity contribution is 9.10. The molecule has 1 aromatic carbocycles. The van der Waals surface area contributed by atoms with Gasteiger partial charge in [-0.3, -0.25) is 9.80 Å². The Hall–Kier alpha value is -0.460. The van der Waals surface area contributed by atoms with Gasteiger partial charge in [0.15, 0.2) is 0 Å². The lowest BCUT2D eigenvalue weighted by atomic mass is 10.1. The number of nitrogens with zero attached hydrogens (tertiary/aromatic N) is 2. The number of hydrogen-bond donors (Lipinski definition) is 0. The lowest BCUT2D eigenvalue weighted by Crippen LogP contribution is -2.50. The summed E-state index contributed by atoms with van der Waals surface area (Å²) >= 11 is 3.52. The summed E-state index contributed by atoms with van der Waals surface area (Å²) in [6, 6.07) is 8.70. The predicted octanol–water partition coefficient (Wildman–Crippen LogP) is 2.11. The van der Waals surface area contributed by atoms with Crippen molar-refractivity contribution in [3.8, 4) is 0 Å². The fourth-order valence-corrected chi connectivity index (χ4v) is 3.20. The Morgan fingerprint density at radius 2 is 1.25 bits per heavy atom. The van der Waals surface area contributed by atoms with Gasteiger partial charge in [-0.05, 0) is 17.7 Å². The molecule has 0 amide bonds. The van der Waals surface area contributed by atoms with Gasteiger partial charge in [-0.15, -0.1) is 0 Å². The van der Waals surface area contributed by atoms with E-state index in [9.17, 15) is 0 Å². The summed E-state index contributed by atoms with van der Waals surface area (Å²) < 4.78 is 12.1. The normalized spacial score (nSPS) is 22.3. The second kappa shape index (κ2) is 7.00. The minimum absolute atomic E-state index is 0.343. The van der Waals surface area contributed by atoms with E-state index in [1.54, 1.807) is 0 Å². The van der Waals surface area contributed by atoms with Crippen molar-refractivity contribution in [3.05, 3.63) is 34.3 Å². The summed E-state index contributed by atoms with van der Waals surface area (Å²) in [5.74, 6) is 0. The smallest absolute Gasteiger partial charge is 0.0889 e. The van der Waals surface area contributed by atoms with Crippen LogP contribution in [0.1, 0.15) is 11.7 Å². The highest BCUT2D eigenvalue weighted by Gasteiger charge is 2.29. The van der Waals surface area contributed by atoms with Gasteiger partial charge in [-0.25, -0.2) is 0 Å². The number of hydrogen-bond acceptors (Lipinski definition) is 4. The van der Waals surface area contributed by atoms with E-state index in [4.69, 9.17) is 9.47 Å². The van der Waals surface area contributed by atoms with Crippen LogP contribution in [0.2, 0.25) is 0 Å². The van der Waals surface area contributed by atoms with Crippen LogP contribution in [0.3, 0.4) is 0 Å². The molecule has 4 nitrogen and oxygen atoms in total. The van der Waals surface area contributed by atoms with Gasteiger partial charge in [0.1, 0.15) is 0 Å². The van der Waals surface area contributed by atoms with E-state index >= 15 is 0 Å². The minimum atomic E-state index is 0.343. The van der Waals surface area contributed by atoms with Gasteiger partial charge < -0.3 is 9.47 Å². The van der Waals surface area contributed by atoms with Crippen LogP contribution < -0.4 is 0 Å². The van der Waals surface area contributed by atoms with Gasteiger partial charge in [-0.2, -0.15) is 0 Å². The van der Waals surface area contributed by atoms with Gasteiger partial charge in [0, 0.05) is 30.7 Å². The zero-order chi connectivity index (χ0) is 13.8. The average molecular weight is 341 g/mol. The quantitative estimate of drug-likeness (QED) is 0.841. The minimum Gasteiger partial charge on any atom is -0.379 e. The van der Waals surface area contributed by atoms with Crippen molar-refractivity contribution in [1.29, 1.82) is 0 Å². The zero-order valence-corrected chi connectivity index (χ0v) is 13.2. The van der Waals surface area contributed by atoms with E-state index in [0.717, 1.165) is 57.1 Å². The molecular weight excluding hydrogens is 320 g/mol. The molecule has 0 unspecified atom stereocenters. The van der Waals surface area contributed by atoms with Gasteiger partial charge in [0.2, 0.25) is 0 Å². The molecule has 0 spiro atoms. The first-order chi connectivity index (χ1) is 9.84. The molecule has 0 radical (unpaired) electrons. The largest absolute Gasteiger partial charge is 0.379 e. The number of benzene rings is 1. The molecule has 110 valence electrons. The zero-order valence-electron chi connectivity index (χ0n) is 11.6. The van der Waals surface area contributed by atoms with E-state index in [-0.39, 0.29) is 0 Å². The standard InChI is InChI=1S/C15H21BrN2O2/c16-14-3-1-13(2-4-14)15(17-5-9-19-10-6-17)18-7-11-20-12-8-18/h1-4,15H,5-12H2. The first-order valence-corrected chi connectivity index (χ1v) is 8.03. The van der Waals surface area contributed by atoms with E-state index in [1.807, 2.05) is 0 Å². The fourth-order valence-electron chi connectivity index (χ4n) is 2.93. The Bertz CT molecular complexity index is 396. The third-order valence-corrected chi connectivity index (χ3v) is 4.48. The first kappa shape index (κ1) is 14.5. The second-order valence-corrected chi connectivity index (χ2v) is 6.14. The average Bonchev–Trinajstić information content (AvgIpc) is 2.52. The van der Waals surface area contributed by atoms with Crippen molar-refractivity contribution < 1.29 is 9.47 Å². The van der Waals surface area contributed by atoms with Crippen molar-refractivity contribution in [3.63, 3.8) is 0 Å². The first-order valence-electron chi connectivity index (χ1n) is 7.24. The number of rotatable bonds is 3. The molecule has 20 heavy (non-hydrogen) atoms. The van der Waals surface area contributed by atoms with Gasteiger partial charge in [0.25, 0.3) is 0 Å². The van der Waals surface area contributed by atoms with Gasteiger partial charge in [0.05, 0.1) is 32.6 Å². The Balaban J connectivity index is 1.83. The Labute approximate surface area is 128 Å². The van der Waals surface area contributed by atoms with Crippen molar-refractivity contribution in [2.24, 2.45) is 0 Å². The van der Waals surface area contributed by atoms with Crippen molar-refractivity contribution in [2.75, 3.05) is 52.6 Å². The molecule has 0 saturated carbocycles. The summed E-state index contributed by atoms with van der Waals surface area (Å²) in [6.45, 7) is 7.32. The third kappa shape index (κ3) is 3.40. The summed E-state index contributed by atoms with van der Waals surface area (Å²) in [5.41, 5.74) is 1.36. The van der Waals surface area contributed by atoms with E-state index < -0.39 is 0 Å². The number of morpholine rings is 2. The lowest BCUT2D eigenvalue weighted by molar-refractivity contribution is -0.0676. The van der Waals surface area contributed by atoms with E-state index in [2.05, 4.69) is 50.0 Å². The Morgan fingerprint density at radius 1 is 0.800 bits per heavy atom. The van der Waals surface area contributed by atoms with Crippen LogP contribution in [-0.4, -0.2) is 62.4 Å². The molecule has 0 aliphatic carbocycles. The second-order valence-electron chi connectivity index (χ2n) is 5.22. The summed E-state index contributed by atoms with van der Waals surface area (Å²) in [6.07, 6.45) is 0.343. The van der Waals surface area contributed by atoms with Crippen LogP contribution in [0.15, 0.2) is 28.7 Å². The highest BCUT2D eigenvalue weighted by atomic mass is 79.9. The molecule has 2 heterocycles. The van der Waals surface area contributed by atoms with E-state index in [1.165, 1.54) is 5.56 Å². The molecular formula is C15H21BrN2O2. The maximum absolute atomic E-state index is 5.50. The van der Waals surface area contributed by atoms with Gasteiger partial charge in [-0.1, -0.05) is 28.1 Å². The number of ether oxygens (including phenoxy) is 2. The van der Waals surface area contributed by atoms with Crippen LogP contribution in [0.5, 0.6) is 0 Å². The molecule has 0 bridgehead atoms. The lowest BCUT2D eigenvalue weighted by Gasteiger charge is -2.43. The van der Waals surface area contributed by atoms with E-state index in [0.29, 0.717) is 6.17 Å². The van der Waals surface area contributed by atoms with Crippen LogP contribution in [-0.2, 0) is 9.47 Å². The fraction of sp³-hybridized carbons (Fsp3) is 0.600. The summed E-state index contributed by atoms with van der Waals surface area (Å²) in [7, 11) is 0. The predicted molar refractivity (Wildman–Crippen MR) is 81.7 cm³/mol. The molecule has 3 rings (SSSR count). The molecule has 5 heteroatoms. The van der Waals surface area contributed by atoms with Crippen molar-refractivity contribution >= 4 is 15.9 Å². The monoisotopic (exact) mass is 340 g/mol. The Kier molecular flexibility index (Phi) is 5.07. The van der Waals surface area contributed by atoms with Crippen LogP contribution >= 0.6 is 15.9 Å². The molecule has 0 atom stereocenters. The third-order valence-electron chi connectivity index (χ3n) is 3.95. The molecule has 2 aliphatic rings. The van der Waals surface area contributed by atoms with Crippen molar-refractivity contribution in [2.45, 2.75) is 6.17 Å². The Morgan fingerprint density at radius 3 is 1.70 bits per heavy atom. The molecule has 0 aromatic heterocycles. The van der Waals surface area contributed by atoms with Crippen LogP contribution in [0.25, 0.3) is 0 Å².